The number of fused-ring (bicyclic) bond motifs is 2. The summed E-state index contributed by atoms with van der Waals surface area (Å²) in [7, 11) is 3.90. The minimum Gasteiger partial charge on any atom is -0.443 e. The van der Waals surface area contributed by atoms with Crippen molar-refractivity contribution in [2.45, 2.75) is 4.75 Å². The lowest BCUT2D eigenvalue weighted by atomic mass is 10.00. The summed E-state index contributed by atoms with van der Waals surface area (Å²) in [5.74, 6) is 0.774. The first-order chi connectivity index (χ1) is 9.84. The summed E-state index contributed by atoms with van der Waals surface area (Å²) in [5.41, 5.74) is 3.03. The third kappa shape index (κ3) is 2.09. The molecule has 0 radical (unpaired) electrons. The van der Waals surface area contributed by atoms with E-state index in [0.717, 1.165) is 22.7 Å². The number of nitrogens with zero attached hydrogens (tertiary/aromatic N) is 1. The molecular weight excluding hydrogens is 340 g/mol. The lowest BCUT2D eigenvalue weighted by Gasteiger charge is -2.38. The van der Waals surface area contributed by atoms with Crippen molar-refractivity contribution in [1.29, 1.82) is 0 Å². The van der Waals surface area contributed by atoms with Gasteiger partial charge in [0.25, 0.3) is 0 Å². The molecule has 0 amide bonds. The van der Waals surface area contributed by atoms with Crippen LogP contribution in [0.1, 0.15) is 5.56 Å². The van der Waals surface area contributed by atoms with Crippen LogP contribution >= 0.6 is 50.7 Å². The van der Waals surface area contributed by atoms with Gasteiger partial charge in [-0.05, 0) is 13.1 Å². The molecule has 0 aromatic heterocycles. The molecule has 0 saturated heterocycles. The summed E-state index contributed by atoms with van der Waals surface area (Å²) < 4.78 is 5.60. The largest absolute Gasteiger partial charge is 0.443 e. The molecule has 1 N–H and O–H groups in total. The summed E-state index contributed by atoms with van der Waals surface area (Å²) in [6.07, 6.45) is 0. The van der Waals surface area contributed by atoms with Gasteiger partial charge in [-0.2, -0.15) is 12.6 Å². The number of quaternary nitrogens is 1. The van der Waals surface area contributed by atoms with Crippen LogP contribution in [-0.2, 0) is 4.74 Å². The van der Waals surface area contributed by atoms with E-state index in [1.54, 1.807) is 0 Å². The summed E-state index contributed by atoms with van der Waals surface area (Å²) in [4.78, 5) is 0.688. The maximum atomic E-state index is 5.93. The molecular formula is C14H17N2OS4+. The molecule has 1 aromatic rings. The van der Waals surface area contributed by atoms with Gasteiger partial charge in [0.1, 0.15) is 4.75 Å². The Morgan fingerprint density at radius 2 is 1.95 bits per heavy atom. The summed E-state index contributed by atoms with van der Waals surface area (Å²) in [6, 6.07) is 8.07. The first-order valence-electron chi connectivity index (χ1n) is 6.46. The molecule has 3 nitrogen and oxygen atoms in total. The smallest absolute Gasteiger partial charge is 0.201 e. The molecule has 2 aliphatic heterocycles. The van der Waals surface area contributed by atoms with Crippen molar-refractivity contribution < 1.29 is 4.74 Å². The van der Waals surface area contributed by atoms with Gasteiger partial charge in [-0.3, -0.25) is 0 Å². The second-order valence-electron chi connectivity index (χ2n) is 5.30. The van der Waals surface area contributed by atoms with E-state index in [2.05, 4.69) is 30.6 Å². The van der Waals surface area contributed by atoms with Crippen molar-refractivity contribution in [3.8, 4) is 0 Å². The fraction of sp³-hybridized carbons (Fsp3) is 0.286. The van der Waals surface area contributed by atoms with Crippen LogP contribution in [0.2, 0.25) is 0 Å². The summed E-state index contributed by atoms with van der Waals surface area (Å²) >= 11 is 18.8. The Labute approximate surface area is 146 Å². The Bertz CT molecular complexity index is 683. The summed E-state index contributed by atoms with van der Waals surface area (Å²) in [6.45, 7) is 0.601. The highest BCUT2D eigenvalue weighted by Crippen LogP contribution is 2.57. The van der Waals surface area contributed by atoms with E-state index in [-0.39, 0.29) is 0 Å². The maximum absolute atomic E-state index is 5.93. The van der Waals surface area contributed by atoms with Crippen molar-refractivity contribution >= 4 is 62.1 Å². The van der Waals surface area contributed by atoms with E-state index < -0.39 is 4.75 Å². The Kier molecular flexibility index (Phi) is 3.87. The van der Waals surface area contributed by atoms with Gasteiger partial charge in [0.15, 0.2) is 16.5 Å². The molecule has 0 bridgehead atoms. The zero-order chi connectivity index (χ0) is 15.4. The first kappa shape index (κ1) is 15.7. The van der Waals surface area contributed by atoms with E-state index in [4.69, 9.17) is 30.2 Å². The average Bonchev–Trinajstić information content (AvgIpc) is 2.66. The van der Waals surface area contributed by atoms with Crippen LogP contribution in [0, 0.1) is 0 Å². The van der Waals surface area contributed by atoms with E-state index in [0.29, 0.717) is 20.4 Å². The van der Waals surface area contributed by atoms with Crippen molar-refractivity contribution in [1.82, 2.24) is 9.21 Å². The molecule has 7 heteroatoms. The quantitative estimate of drug-likeness (QED) is 0.414. The van der Waals surface area contributed by atoms with Crippen LogP contribution in [0.3, 0.4) is 0 Å². The SMILES string of the molecule is CNCC1(S)C(S)=C(S)OC2=C1[N+](C)(S)c1ccccc12. The number of para-hydroxylation sites is 1. The zero-order valence-electron chi connectivity index (χ0n) is 11.7. The molecule has 2 aliphatic rings. The number of thiol groups is 4. The maximum Gasteiger partial charge on any atom is 0.201 e. The fourth-order valence-electron chi connectivity index (χ4n) is 3.00. The molecule has 2 unspecified atom stereocenters. The van der Waals surface area contributed by atoms with Crippen LogP contribution < -0.4 is 9.21 Å². The van der Waals surface area contributed by atoms with Crippen molar-refractivity contribution in [3.05, 3.63) is 45.5 Å². The van der Waals surface area contributed by atoms with E-state index in [1.165, 1.54) is 0 Å². The lowest BCUT2D eigenvalue weighted by Crippen LogP contribution is -2.48. The highest BCUT2D eigenvalue weighted by atomic mass is 32.1. The van der Waals surface area contributed by atoms with Gasteiger partial charge in [0.2, 0.25) is 5.76 Å². The minimum absolute atomic E-state index is 0.293. The highest BCUT2D eigenvalue weighted by Gasteiger charge is 2.56. The zero-order valence-corrected chi connectivity index (χ0v) is 15.2. The first-order valence-corrected chi connectivity index (χ1v) is 8.20. The Hall–Kier alpha value is -0.180. The molecule has 21 heavy (non-hydrogen) atoms. The van der Waals surface area contributed by atoms with Crippen molar-refractivity contribution in [2.75, 3.05) is 20.6 Å². The predicted octanol–water partition coefficient (Wildman–Crippen LogP) is 3.10. The summed E-state index contributed by atoms with van der Waals surface area (Å²) in [5, 5.41) is 3.66. The molecule has 0 aliphatic carbocycles. The number of rotatable bonds is 2. The van der Waals surface area contributed by atoms with Crippen molar-refractivity contribution in [2.24, 2.45) is 0 Å². The Morgan fingerprint density at radius 1 is 1.29 bits per heavy atom. The highest BCUT2D eigenvalue weighted by molar-refractivity contribution is 7.91. The molecule has 0 saturated carbocycles. The van der Waals surface area contributed by atoms with Gasteiger partial charge < -0.3 is 10.1 Å². The van der Waals surface area contributed by atoms with E-state index in [1.807, 2.05) is 38.4 Å². The molecule has 0 spiro atoms. The van der Waals surface area contributed by atoms with Crippen LogP contribution in [0.15, 0.2) is 40.0 Å². The molecule has 3 rings (SSSR count). The van der Waals surface area contributed by atoms with Gasteiger partial charge in [0.05, 0.1) is 30.3 Å². The van der Waals surface area contributed by atoms with E-state index in [9.17, 15) is 0 Å². The van der Waals surface area contributed by atoms with Gasteiger partial charge >= 0.3 is 0 Å². The number of nitrogens with one attached hydrogen (secondary N) is 1. The number of benzene rings is 1. The van der Waals surface area contributed by atoms with Gasteiger partial charge in [0, 0.05) is 12.6 Å². The van der Waals surface area contributed by atoms with Gasteiger partial charge in [-0.25, -0.2) is 3.89 Å². The number of hydrogen-bond acceptors (Lipinski definition) is 6. The molecule has 2 atom stereocenters. The molecule has 0 fully saturated rings. The van der Waals surface area contributed by atoms with Crippen LogP contribution in [0.4, 0.5) is 5.69 Å². The molecule has 1 aromatic carbocycles. The molecule has 2 heterocycles. The third-order valence-electron chi connectivity index (χ3n) is 3.89. The van der Waals surface area contributed by atoms with Crippen LogP contribution in [0.25, 0.3) is 5.76 Å². The monoisotopic (exact) mass is 357 g/mol. The topological polar surface area (TPSA) is 21.3 Å². The normalized spacial score (nSPS) is 31.1. The Morgan fingerprint density at radius 3 is 2.62 bits per heavy atom. The van der Waals surface area contributed by atoms with Gasteiger partial charge in [-0.15, -0.1) is 25.3 Å². The number of ether oxygens (including phenoxy) is 1. The standard InChI is InChI=1S/C14H16N2OS4/c1-15-7-14(20)11-10(17-13(19)12(14)18)8-5-3-4-6-9(8)16(11,2)21/h3-6,15,21H,7H2,1-2H3,(H2-,18,19,20)/p+1. The predicted molar refractivity (Wildman–Crippen MR) is 102 cm³/mol. The third-order valence-corrected chi connectivity index (χ3v) is 6.15. The average molecular weight is 358 g/mol. The van der Waals surface area contributed by atoms with Crippen molar-refractivity contribution in [3.63, 3.8) is 0 Å². The second-order valence-corrected chi connectivity index (χ2v) is 7.72. The lowest BCUT2D eigenvalue weighted by molar-refractivity contribution is 0.389. The number of hydrogen-bond donors (Lipinski definition) is 5. The molecule has 112 valence electrons. The van der Waals surface area contributed by atoms with E-state index >= 15 is 0 Å². The fourth-order valence-corrected chi connectivity index (χ4v) is 4.68. The van der Waals surface area contributed by atoms with Crippen LogP contribution in [0.5, 0.6) is 0 Å². The minimum atomic E-state index is -0.627. The van der Waals surface area contributed by atoms with Crippen LogP contribution in [-0.4, -0.2) is 25.4 Å². The second kappa shape index (κ2) is 5.18. The van der Waals surface area contributed by atoms with Gasteiger partial charge in [-0.1, -0.05) is 12.1 Å². The Balaban J connectivity index is 2.28.